The number of likely N-dealkylation sites (N-methyl/N-ethyl adjacent to an activating group) is 1. The van der Waals surface area contributed by atoms with Crippen molar-refractivity contribution in [2.75, 3.05) is 20.1 Å². The molecule has 5 atom stereocenters. The van der Waals surface area contributed by atoms with Gasteiger partial charge in [-0.3, -0.25) is 4.79 Å². The summed E-state index contributed by atoms with van der Waals surface area (Å²) in [7, 11) is -1.92. The fraction of sp³-hybridized carbons (Fsp3) is 0.283. The molecule has 56 heavy (non-hydrogen) atoms. The lowest BCUT2D eigenvalue weighted by Gasteiger charge is -2.42. The second-order valence-electron chi connectivity index (χ2n) is 14.5. The Bertz CT molecular complexity index is 2160. The van der Waals surface area contributed by atoms with Crippen LogP contribution in [0.5, 0.6) is 0 Å². The average molecular weight is 774 g/mol. The van der Waals surface area contributed by atoms with Crippen molar-refractivity contribution < 1.29 is 27.8 Å². The summed E-state index contributed by atoms with van der Waals surface area (Å²) >= 11 is 0. The highest BCUT2D eigenvalue weighted by Crippen LogP contribution is 2.42. The first-order valence-corrected chi connectivity index (χ1v) is 20.4. The zero-order valence-electron chi connectivity index (χ0n) is 32.2. The number of nitrogens with zero attached hydrogens (tertiary/aromatic N) is 1. The van der Waals surface area contributed by atoms with Crippen molar-refractivity contribution in [2.45, 2.75) is 62.9 Å². The van der Waals surface area contributed by atoms with Crippen LogP contribution in [-0.4, -0.2) is 56.6 Å². The first-order chi connectivity index (χ1) is 27.0. The Morgan fingerprint density at radius 3 is 2.20 bits per heavy atom. The molecule has 1 saturated heterocycles. The van der Waals surface area contributed by atoms with Crippen LogP contribution in [0.3, 0.4) is 0 Å². The molecule has 1 heterocycles. The van der Waals surface area contributed by atoms with E-state index in [9.17, 15) is 18.3 Å². The predicted molar refractivity (Wildman–Crippen MR) is 220 cm³/mol. The molecule has 1 aliphatic heterocycles. The molecule has 9 nitrogen and oxygen atoms in total. The van der Waals surface area contributed by atoms with Gasteiger partial charge in [-0.2, -0.15) is 4.72 Å². The number of nitrogens with one attached hydrogen (secondary N) is 2. The Morgan fingerprint density at radius 2 is 1.52 bits per heavy atom. The maximum atomic E-state index is 13.8. The molecule has 0 saturated carbocycles. The van der Waals surface area contributed by atoms with E-state index in [2.05, 4.69) is 35.5 Å². The number of rotatable bonds is 16. The van der Waals surface area contributed by atoms with Crippen molar-refractivity contribution in [3.8, 4) is 11.1 Å². The van der Waals surface area contributed by atoms with Gasteiger partial charge in [0.1, 0.15) is 6.04 Å². The minimum absolute atomic E-state index is 0.0191. The number of ether oxygens (including phenoxy) is 2. The lowest BCUT2D eigenvalue weighted by molar-refractivity contribution is -0.275. The minimum atomic E-state index is -3.97. The molecule has 1 amide bonds. The van der Waals surface area contributed by atoms with Gasteiger partial charge in [0.25, 0.3) is 0 Å². The van der Waals surface area contributed by atoms with Crippen LogP contribution in [0.2, 0.25) is 0 Å². The second kappa shape index (κ2) is 18.8. The molecule has 292 valence electrons. The largest absolute Gasteiger partial charge is 0.392 e. The van der Waals surface area contributed by atoms with E-state index in [0.29, 0.717) is 6.54 Å². The molecule has 10 heteroatoms. The summed E-state index contributed by atoms with van der Waals surface area (Å²) in [5.74, 6) is -0.366. The zero-order valence-corrected chi connectivity index (χ0v) is 33.0. The fourth-order valence-corrected chi connectivity index (χ4v) is 8.22. The average Bonchev–Trinajstić information content (AvgIpc) is 3.21. The van der Waals surface area contributed by atoms with Crippen LogP contribution in [0, 0.1) is 12.8 Å². The van der Waals surface area contributed by atoms with Crippen molar-refractivity contribution in [1.29, 1.82) is 0 Å². The minimum Gasteiger partial charge on any atom is -0.392 e. The molecular weight excluding hydrogens is 723 g/mol. The Morgan fingerprint density at radius 1 is 0.857 bits per heavy atom. The number of benzene rings is 5. The Kier molecular flexibility index (Phi) is 13.7. The van der Waals surface area contributed by atoms with E-state index in [-0.39, 0.29) is 42.6 Å². The van der Waals surface area contributed by atoms with Gasteiger partial charge < -0.3 is 24.8 Å². The number of carbonyl (C=O) groups is 1. The number of carbonyl (C=O) groups excluding carboxylic acids is 1. The Hall–Kier alpha value is -4.94. The maximum absolute atomic E-state index is 13.8. The molecule has 5 aromatic carbocycles. The monoisotopic (exact) mass is 773 g/mol. The zero-order chi connectivity index (χ0) is 39.7. The molecule has 0 aliphatic carbocycles. The SMILES string of the molecule is C=CCN(C)C[C@H]1O[C@@H](c2ccc(-c3ccccc3CNC(=O)[C@@H](Cc3ccccc3)NS(=O)(=O)c3ccc(C)cc3)cc2)O[C@@H](c2ccc(CO)cc2)[C@H]1C. The number of sulfonamides is 1. The van der Waals surface area contributed by atoms with E-state index >= 15 is 0 Å². The van der Waals surface area contributed by atoms with Crippen molar-refractivity contribution in [2.24, 2.45) is 5.92 Å². The van der Waals surface area contributed by atoms with Crippen LogP contribution in [0.4, 0.5) is 0 Å². The van der Waals surface area contributed by atoms with Gasteiger partial charge in [0.15, 0.2) is 6.29 Å². The van der Waals surface area contributed by atoms with Gasteiger partial charge in [-0.05, 0) is 65.9 Å². The van der Waals surface area contributed by atoms with E-state index in [0.717, 1.165) is 51.1 Å². The highest BCUT2D eigenvalue weighted by Gasteiger charge is 2.38. The summed E-state index contributed by atoms with van der Waals surface area (Å²) in [6.07, 6.45) is 1.12. The van der Waals surface area contributed by atoms with Crippen molar-refractivity contribution in [3.63, 3.8) is 0 Å². The van der Waals surface area contributed by atoms with E-state index in [4.69, 9.17) is 9.47 Å². The molecule has 0 bridgehead atoms. The lowest BCUT2D eigenvalue weighted by atomic mass is 9.90. The molecule has 5 aromatic rings. The lowest BCUT2D eigenvalue weighted by Crippen LogP contribution is -2.47. The molecule has 0 radical (unpaired) electrons. The fourth-order valence-electron chi connectivity index (χ4n) is 7.02. The first kappa shape index (κ1) is 40.7. The third kappa shape index (κ3) is 10.3. The third-order valence-corrected chi connectivity index (χ3v) is 11.7. The number of hydrogen-bond donors (Lipinski definition) is 3. The van der Waals surface area contributed by atoms with Crippen LogP contribution < -0.4 is 10.0 Å². The first-order valence-electron chi connectivity index (χ1n) is 18.9. The quantitative estimate of drug-likeness (QED) is 0.0904. The molecular formula is C46H51N3O6S. The third-order valence-electron chi connectivity index (χ3n) is 10.2. The Labute approximate surface area is 331 Å². The summed E-state index contributed by atoms with van der Waals surface area (Å²) in [6, 6.07) is 38.7. The second-order valence-corrected chi connectivity index (χ2v) is 16.2. The van der Waals surface area contributed by atoms with E-state index < -0.39 is 28.3 Å². The number of aliphatic hydroxyl groups is 1. The van der Waals surface area contributed by atoms with Crippen LogP contribution in [0.25, 0.3) is 11.1 Å². The summed E-state index contributed by atoms with van der Waals surface area (Å²) in [6.45, 7) is 9.54. The molecule has 0 aromatic heterocycles. The van der Waals surface area contributed by atoms with E-state index in [1.165, 1.54) is 0 Å². The molecule has 1 aliphatic rings. The molecule has 0 unspecified atom stereocenters. The smallest absolute Gasteiger partial charge is 0.241 e. The van der Waals surface area contributed by atoms with Crippen LogP contribution >= 0.6 is 0 Å². The molecule has 1 fully saturated rings. The number of amides is 1. The summed E-state index contributed by atoms with van der Waals surface area (Å²) in [5, 5.41) is 12.6. The summed E-state index contributed by atoms with van der Waals surface area (Å²) in [4.78, 5) is 16.1. The highest BCUT2D eigenvalue weighted by atomic mass is 32.2. The number of aryl methyl sites for hydroxylation is 1. The van der Waals surface area contributed by atoms with Gasteiger partial charge in [-0.15, -0.1) is 6.58 Å². The van der Waals surface area contributed by atoms with Crippen molar-refractivity contribution in [1.82, 2.24) is 14.9 Å². The Balaban J connectivity index is 1.19. The summed E-state index contributed by atoms with van der Waals surface area (Å²) in [5.41, 5.74) is 7.28. The number of hydrogen-bond acceptors (Lipinski definition) is 7. The number of aliphatic hydroxyl groups excluding tert-OH is 1. The summed E-state index contributed by atoms with van der Waals surface area (Å²) < 4.78 is 42.8. The topological polar surface area (TPSA) is 117 Å². The van der Waals surface area contributed by atoms with Crippen LogP contribution in [-0.2, 0) is 43.9 Å². The van der Waals surface area contributed by atoms with Crippen molar-refractivity contribution in [3.05, 3.63) is 173 Å². The van der Waals surface area contributed by atoms with Gasteiger partial charge in [-0.25, -0.2) is 8.42 Å². The molecule has 6 rings (SSSR count). The highest BCUT2D eigenvalue weighted by molar-refractivity contribution is 7.89. The van der Waals surface area contributed by atoms with Crippen LogP contribution in [0.15, 0.2) is 145 Å². The van der Waals surface area contributed by atoms with Crippen molar-refractivity contribution >= 4 is 15.9 Å². The predicted octanol–water partition coefficient (Wildman–Crippen LogP) is 7.27. The standard InChI is InChI=1S/C46H51N3O6S/c1-5-27-49(4)30-43-33(3)44(37-19-17-35(31-50)18-20-37)55-46(54-43)38-23-21-36(22-24-38)41-14-10-9-13-39(41)29-47-45(51)42(28-34-11-7-6-8-12-34)48-56(52,53)40-25-15-32(2)16-26-40/h5-26,33,42-44,46,48,50H,1,27-31H2,2-4H3,(H,47,51)/t33-,42+,43+,44+,46+/m0/s1. The van der Waals surface area contributed by atoms with Gasteiger partial charge in [0, 0.05) is 31.1 Å². The van der Waals surface area contributed by atoms with E-state index in [1.807, 2.05) is 116 Å². The molecule has 3 N–H and O–H groups in total. The van der Waals surface area contributed by atoms with E-state index in [1.54, 1.807) is 24.3 Å². The van der Waals surface area contributed by atoms with Crippen LogP contribution in [0.1, 0.15) is 52.7 Å². The van der Waals surface area contributed by atoms with Gasteiger partial charge in [0.05, 0.1) is 23.7 Å². The van der Waals surface area contributed by atoms with Gasteiger partial charge in [-0.1, -0.05) is 134 Å². The van der Waals surface area contributed by atoms with Gasteiger partial charge in [0.2, 0.25) is 15.9 Å². The molecule has 0 spiro atoms. The normalized spacial score (nSPS) is 19.0. The maximum Gasteiger partial charge on any atom is 0.241 e. The van der Waals surface area contributed by atoms with Gasteiger partial charge >= 0.3 is 0 Å².